The summed E-state index contributed by atoms with van der Waals surface area (Å²) < 4.78 is 40.8. The SMILES string of the molecule is C=CCc1cccc(C2C3=CCC4C(=O)N(c5ccc(C(=O)c6ccccc6)cc5)C(=O)C4C3CC3C(=O)N(Nc4ncc(C(F)(F)F)cc4Cl)C(=O)C32c2ccc(Cl)cc2)c1O. The molecule has 6 unspecified atom stereocenters. The number of halogens is 5. The van der Waals surface area contributed by atoms with E-state index < -0.39 is 81.2 Å². The lowest BCUT2D eigenvalue weighted by molar-refractivity contribution is -0.139. The van der Waals surface area contributed by atoms with Crippen molar-refractivity contribution in [3.8, 4) is 5.75 Å². The van der Waals surface area contributed by atoms with Gasteiger partial charge in [-0.15, -0.1) is 6.58 Å². The summed E-state index contributed by atoms with van der Waals surface area (Å²) in [4.78, 5) is 77.8. The Kier molecular flexibility index (Phi) is 10.4. The molecule has 2 saturated heterocycles. The summed E-state index contributed by atoms with van der Waals surface area (Å²) in [6, 6.07) is 26.8. The molecule has 63 heavy (non-hydrogen) atoms. The third-order valence-electron chi connectivity index (χ3n) is 12.8. The molecule has 10 nitrogen and oxygen atoms in total. The number of phenols is 1. The second-order valence-electron chi connectivity index (χ2n) is 16.0. The van der Waals surface area contributed by atoms with Crippen LogP contribution in [0.4, 0.5) is 24.7 Å². The van der Waals surface area contributed by atoms with E-state index in [9.17, 15) is 32.7 Å². The number of nitrogens with zero attached hydrogens (tertiary/aromatic N) is 3. The number of anilines is 2. The van der Waals surface area contributed by atoms with E-state index in [1.807, 2.05) is 6.08 Å². The summed E-state index contributed by atoms with van der Waals surface area (Å²) in [6.07, 6.45) is -0.622. The van der Waals surface area contributed by atoms with Gasteiger partial charge < -0.3 is 5.11 Å². The minimum atomic E-state index is -4.78. The molecule has 0 spiro atoms. The molecule has 2 N–H and O–H groups in total. The van der Waals surface area contributed by atoms with Crippen molar-refractivity contribution in [1.29, 1.82) is 0 Å². The lowest BCUT2D eigenvalue weighted by Crippen LogP contribution is -2.53. The lowest BCUT2D eigenvalue weighted by Gasteiger charge is -2.50. The first-order valence-corrected chi connectivity index (χ1v) is 20.7. The minimum absolute atomic E-state index is 0.0856. The topological polar surface area (TPSA) is 137 Å². The smallest absolute Gasteiger partial charge is 0.417 e. The molecule has 1 aromatic heterocycles. The summed E-state index contributed by atoms with van der Waals surface area (Å²) in [5.74, 6) is -8.49. The van der Waals surface area contributed by atoms with Crippen molar-refractivity contribution in [1.82, 2.24) is 9.99 Å². The monoisotopic (exact) mass is 890 g/mol. The number of hydrogen-bond donors (Lipinski definition) is 2. The average Bonchev–Trinajstić information content (AvgIpc) is 3.65. The third kappa shape index (κ3) is 6.64. The maximum atomic E-state index is 15.5. The molecule has 0 radical (unpaired) electrons. The number of aromatic nitrogens is 1. The number of carbonyl (C=O) groups excluding carboxylic acids is 5. The van der Waals surface area contributed by atoms with Gasteiger partial charge >= 0.3 is 6.18 Å². The van der Waals surface area contributed by atoms with Crippen LogP contribution >= 0.6 is 23.2 Å². The van der Waals surface area contributed by atoms with E-state index in [2.05, 4.69) is 17.0 Å². The normalized spacial score (nSPS) is 24.1. The standard InChI is InChI=1S/C48H35Cl2F3N4O6/c1-2-7-25-10-6-11-34(41(25)59)39-32-20-21-33-38(45(62)56(43(33)60)31-18-12-27(13-19-31)40(58)26-8-4-3-5-9-26)35(32)23-36-44(61)57(46(63)47(36,39)28-14-16-30(49)17-15-28)55-42-37(50)22-29(24-54-42)48(51,52)53/h2-6,8-20,22,24,33,35-36,38-39,59H,1,7,21,23H2,(H,54,55). The summed E-state index contributed by atoms with van der Waals surface area (Å²) in [6.45, 7) is 3.82. The molecule has 2 aliphatic carbocycles. The van der Waals surface area contributed by atoms with Crippen molar-refractivity contribution in [2.24, 2.45) is 23.7 Å². The Balaban J connectivity index is 1.17. The fourth-order valence-corrected chi connectivity index (χ4v) is 10.4. The number of benzene rings is 4. The number of para-hydroxylation sites is 1. The van der Waals surface area contributed by atoms with E-state index >= 15 is 9.59 Å². The van der Waals surface area contributed by atoms with Crippen molar-refractivity contribution in [2.75, 3.05) is 10.3 Å². The van der Waals surface area contributed by atoms with E-state index in [1.54, 1.807) is 103 Å². The molecule has 5 aromatic rings. The van der Waals surface area contributed by atoms with Crippen molar-refractivity contribution in [3.63, 3.8) is 0 Å². The van der Waals surface area contributed by atoms with E-state index in [4.69, 9.17) is 23.2 Å². The number of nitrogens with one attached hydrogen (secondary N) is 1. The van der Waals surface area contributed by atoms with Gasteiger partial charge in [-0.2, -0.15) is 18.2 Å². The third-order valence-corrected chi connectivity index (χ3v) is 13.3. The van der Waals surface area contributed by atoms with Crippen molar-refractivity contribution >= 4 is 64.1 Å². The second-order valence-corrected chi connectivity index (χ2v) is 16.9. The molecule has 4 aliphatic rings. The first-order valence-electron chi connectivity index (χ1n) is 20.0. The fraction of sp³-hybridized carbons (Fsp3) is 0.208. The van der Waals surface area contributed by atoms with Gasteiger partial charge in [0.1, 0.15) is 5.75 Å². The number of imide groups is 2. The minimum Gasteiger partial charge on any atom is -0.507 e. The van der Waals surface area contributed by atoms with Crippen LogP contribution in [0.5, 0.6) is 5.75 Å². The number of hydrogen-bond acceptors (Lipinski definition) is 8. The van der Waals surface area contributed by atoms with Crippen LogP contribution in [0.2, 0.25) is 10.0 Å². The van der Waals surface area contributed by atoms with Gasteiger partial charge in [-0.1, -0.05) is 102 Å². The highest BCUT2D eigenvalue weighted by Gasteiger charge is 2.71. The zero-order chi connectivity index (χ0) is 44.5. The number of fused-ring (bicyclic) bond motifs is 4. The van der Waals surface area contributed by atoms with Gasteiger partial charge in [0.15, 0.2) is 11.6 Å². The van der Waals surface area contributed by atoms with Gasteiger partial charge in [0.05, 0.1) is 39.4 Å². The highest BCUT2D eigenvalue weighted by Crippen LogP contribution is 2.65. The Morgan fingerprint density at radius 3 is 2.25 bits per heavy atom. The molecule has 4 amide bonds. The Labute approximate surface area is 368 Å². The van der Waals surface area contributed by atoms with Gasteiger partial charge in [0.25, 0.3) is 11.8 Å². The zero-order valence-electron chi connectivity index (χ0n) is 33.0. The highest BCUT2D eigenvalue weighted by molar-refractivity contribution is 6.33. The van der Waals surface area contributed by atoms with Gasteiger partial charge in [-0.25, -0.2) is 4.98 Å². The first-order chi connectivity index (χ1) is 30.2. The molecular weight excluding hydrogens is 856 g/mol. The zero-order valence-corrected chi connectivity index (χ0v) is 34.5. The summed E-state index contributed by atoms with van der Waals surface area (Å²) in [5.41, 5.74) is 2.33. The summed E-state index contributed by atoms with van der Waals surface area (Å²) >= 11 is 12.7. The van der Waals surface area contributed by atoms with E-state index in [-0.39, 0.29) is 42.0 Å². The van der Waals surface area contributed by atoms with Crippen molar-refractivity contribution < 1.29 is 42.3 Å². The quantitative estimate of drug-likeness (QED) is 0.0850. The molecule has 6 atom stereocenters. The Morgan fingerprint density at radius 2 is 1.59 bits per heavy atom. The van der Waals surface area contributed by atoms with E-state index in [0.29, 0.717) is 50.1 Å². The number of allylic oxidation sites excluding steroid dienone is 3. The van der Waals surface area contributed by atoms with Crippen LogP contribution in [0.3, 0.4) is 0 Å². The molecule has 15 heteroatoms. The Bertz CT molecular complexity index is 2780. The van der Waals surface area contributed by atoms with Crippen LogP contribution in [0.15, 0.2) is 134 Å². The average molecular weight is 892 g/mol. The number of rotatable bonds is 9. The molecular formula is C48H35Cl2F3N4O6. The van der Waals surface area contributed by atoms with Crippen molar-refractivity contribution in [3.05, 3.63) is 177 Å². The summed E-state index contributed by atoms with van der Waals surface area (Å²) in [7, 11) is 0. The molecule has 9 rings (SSSR count). The van der Waals surface area contributed by atoms with E-state index in [1.165, 1.54) is 0 Å². The summed E-state index contributed by atoms with van der Waals surface area (Å²) in [5, 5.41) is 12.6. The fourth-order valence-electron chi connectivity index (χ4n) is 10.1. The Morgan fingerprint density at radius 1 is 0.889 bits per heavy atom. The van der Waals surface area contributed by atoms with Crippen LogP contribution < -0.4 is 10.3 Å². The van der Waals surface area contributed by atoms with Crippen LogP contribution in [-0.4, -0.2) is 44.5 Å². The molecule has 1 saturated carbocycles. The molecule has 4 aromatic carbocycles. The second kappa shape index (κ2) is 15.7. The number of aromatic hydroxyl groups is 1. The number of amides is 4. The molecule has 3 fully saturated rings. The number of phenolic OH excluding ortho intramolecular Hbond substituents is 1. The predicted molar refractivity (Wildman–Crippen MR) is 228 cm³/mol. The predicted octanol–water partition coefficient (Wildman–Crippen LogP) is 9.26. The van der Waals surface area contributed by atoms with Gasteiger partial charge in [-0.05, 0) is 78.8 Å². The number of carbonyl (C=O) groups is 5. The van der Waals surface area contributed by atoms with Crippen LogP contribution in [0.25, 0.3) is 0 Å². The number of pyridine rings is 1. The molecule has 318 valence electrons. The van der Waals surface area contributed by atoms with Gasteiger partial charge in [0.2, 0.25) is 11.8 Å². The van der Waals surface area contributed by atoms with Crippen LogP contribution in [-0.2, 0) is 37.2 Å². The highest BCUT2D eigenvalue weighted by atomic mass is 35.5. The van der Waals surface area contributed by atoms with Gasteiger partial charge in [0, 0.05) is 33.8 Å². The molecule has 3 heterocycles. The molecule has 2 aliphatic heterocycles. The van der Waals surface area contributed by atoms with E-state index in [0.717, 1.165) is 4.90 Å². The van der Waals surface area contributed by atoms with Crippen LogP contribution in [0, 0.1) is 23.7 Å². The maximum Gasteiger partial charge on any atom is 0.417 e. The largest absolute Gasteiger partial charge is 0.507 e. The first kappa shape index (κ1) is 41.8. The van der Waals surface area contributed by atoms with Crippen molar-refractivity contribution in [2.45, 2.75) is 36.8 Å². The Hall–Kier alpha value is -6.57. The number of alkyl halides is 3. The lowest BCUT2D eigenvalue weighted by atomic mass is 9.49. The maximum absolute atomic E-state index is 15.5. The number of hydrazine groups is 1. The van der Waals surface area contributed by atoms with Gasteiger partial charge in [-0.3, -0.25) is 34.3 Å². The number of ketones is 1. The van der Waals surface area contributed by atoms with Crippen LogP contribution in [0.1, 0.15) is 56.9 Å². The molecule has 0 bridgehead atoms.